The number of rotatable bonds is 1. The lowest BCUT2D eigenvalue weighted by molar-refractivity contribution is 0.193. The van der Waals surface area contributed by atoms with Crippen molar-refractivity contribution in [3.8, 4) is 5.75 Å². The molecule has 1 aliphatic rings. The Labute approximate surface area is 108 Å². The number of aromatic nitrogens is 1. The van der Waals surface area contributed by atoms with E-state index in [0.29, 0.717) is 6.61 Å². The minimum atomic E-state index is 0.221. The van der Waals surface area contributed by atoms with E-state index in [0.717, 1.165) is 34.1 Å². The molecule has 1 N–H and O–H groups in total. The maximum Gasteiger partial charge on any atom is 0.138 e. The Kier molecular flexibility index (Phi) is 2.76. The molecule has 0 amide bonds. The topological polar surface area (TPSA) is 42.4 Å². The van der Waals surface area contributed by atoms with Crippen LogP contribution in [0.4, 0.5) is 0 Å². The van der Waals surface area contributed by atoms with Crippen LogP contribution in [0.25, 0.3) is 10.9 Å². The number of nitrogens with zero attached hydrogens (tertiary/aromatic N) is 1. The fraction of sp³-hybridized carbons (Fsp3) is 0.308. The summed E-state index contributed by atoms with van der Waals surface area (Å²) >= 11 is 3.46. The van der Waals surface area contributed by atoms with E-state index in [4.69, 9.17) is 4.74 Å². The molecule has 1 aromatic heterocycles. The van der Waals surface area contributed by atoms with Crippen LogP contribution < -0.4 is 0 Å². The van der Waals surface area contributed by atoms with Crippen molar-refractivity contribution < 1.29 is 9.84 Å². The molecule has 3 rings (SSSR count). The second-order valence-corrected chi connectivity index (χ2v) is 5.11. The van der Waals surface area contributed by atoms with Crippen LogP contribution >= 0.6 is 15.9 Å². The first-order valence-corrected chi connectivity index (χ1v) is 6.41. The quantitative estimate of drug-likeness (QED) is 0.878. The molecule has 0 spiro atoms. The zero-order valence-corrected chi connectivity index (χ0v) is 10.8. The third-order valence-corrected chi connectivity index (χ3v) is 3.82. The van der Waals surface area contributed by atoms with Gasteiger partial charge in [-0.3, -0.25) is 0 Å². The molecular formula is C13H12BrNO2. The largest absolute Gasteiger partial charge is 0.506 e. The highest BCUT2D eigenvalue weighted by Crippen LogP contribution is 2.34. The number of benzene rings is 1. The van der Waals surface area contributed by atoms with Crippen molar-refractivity contribution in [3.05, 3.63) is 34.4 Å². The highest BCUT2D eigenvalue weighted by molar-refractivity contribution is 9.10. The van der Waals surface area contributed by atoms with Gasteiger partial charge in [-0.05, 0) is 24.6 Å². The summed E-state index contributed by atoms with van der Waals surface area (Å²) in [4.78, 5) is 4.56. The van der Waals surface area contributed by atoms with Crippen LogP contribution in [0.3, 0.4) is 0 Å². The Hall–Kier alpha value is -1.13. The summed E-state index contributed by atoms with van der Waals surface area (Å²) < 4.78 is 6.29. The number of aromatic hydroxyl groups is 1. The number of pyridine rings is 1. The SMILES string of the molecule is Oc1cc2c(Br)cccc2nc1C1CCOC1. The van der Waals surface area contributed by atoms with E-state index in [1.807, 2.05) is 18.2 Å². The lowest BCUT2D eigenvalue weighted by Crippen LogP contribution is -2.01. The minimum absolute atomic E-state index is 0.221. The van der Waals surface area contributed by atoms with Gasteiger partial charge in [0, 0.05) is 22.4 Å². The van der Waals surface area contributed by atoms with Crippen LogP contribution in [-0.4, -0.2) is 23.3 Å². The minimum Gasteiger partial charge on any atom is -0.506 e. The van der Waals surface area contributed by atoms with Gasteiger partial charge in [0.25, 0.3) is 0 Å². The van der Waals surface area contributed by atoms with Gasteiger partial charge in [-0.1, -0.05) is 22.0 Å². The summed E-state index contributed by atoms with van der Waals surface area (Å²) in [5.41, 5.74) is 1.66. The van der Waals surface area contributed by atoms with Gasteiger partial charge >= 0.3 is 0 Å². The smallest absolute Gasteiger partial charge is 0.138 e. The lowest BCUT2D eigenvalue weighted by atomic mass is 10.0. The zero-order valence-electron chi connectivity index (χ0n) is 9.19. The van der Waals surface area contributed by atoms with E-state index in [1.165, 1.54) is 0 Å². The molecular weight excluding hydrogens is 282 g/mol. The Morgan fingerprint density at radius 2 is 2.29 bits per heavy atom. The average Bonchev–Trinajstić information content (AvgIpc) is 2.83. The molecule has 0 saturated carbocycles. The van der Waals surface area contributed by atoms with Crippen LogP contribution in [0, 0.1) is 0 Å². The maximum absolute atomic E-state index is 10.1. The molecule has 1 aliphatic heterocycles. The van der Waals surface area contributed by atoms with Gasteiger partial charge in [0.2, 0.25) is 0 Å². The van der Waals surface area contributed by atoms with Crippen molar-refractivity contribution in [1.82, 2.24) is 4.98 Å². The van der Waals surface area contributed by atoms with Gasteiger partial charge in [-0.2, -0.15) is 0 Å². The number of ether oxygens (including phenoxy) is 1. The third-order valence-electron chi connectivity index (χ3n) is 3.13. The molecule has 88 valence electrons. The molecule has 0 radical (unpaired) electrons. The van der Waals surface area contributed by atoms with Crippen molar-refractivity contribution in [3.63, 3.8) is 0 Å². The Balaban J connectivity index is 2.17. The molecule has 1 unspecified atom stereocenters. The Morgan fingerprint density at radius 3 is 3.06 bits per heavy atom. The fourth-order valence-electron chi connectivity index (χ4n) is 2.21. The van der Waals surface area contributed by atoms with Gasteiger partial charge in [-0.25, -0.2) is 4.98 Å². The molecule has 3 nitrogen and oxygen atoms in total. The van der Waals surface area contributed by atoms with E-state index in [-0.39, 0.29) is 11.7 Å². The second-order valence-electron chi connectivity index (χ2n) is 4.26. The van der Waals surface area contributed by atoms with E-state index < -0.39 is 0 Å². The molecule has 2 heterocycles. The van der Waals surface area contributed by atoms with Gasteiger partial charge < -0.3 is 9.84 Å². The van der Waals surface area contributed by atoms with Crippen LogP contribution in [0.1, 0.15) is 18.0 Å². The first kappa shape index (κ1) is 11.0. The lowest BCUT2D eigenvalue weighted by Gasteiger charge is -2.11. The van der Waals surface area contributed by atoms with Gasteiger partial charge in [0.1, 0.15) is 5.75 Å². The predicted octanol–water partition coefficient (Wildman–Crippen LogP) is 3.21. The van der Waals surface area contributed by atoms with Crippen LogP contribution in [-0.2, 0) is 4.74 Å². The summed E-state index contributed by atoms with van der Waals surface area (Å²) in [5, 5.41) is 11.0. The highest BCUT2D eigenvalue weighted by atomic mass is 79.9. The summed E-state index contributed by atoms with van der Waals surface area (Å²) in [5.74, 6) is 0.485. The van der Waals surface area contributed by atoms with E-state index in [9.17, 15) is 5.11 Å². The first-order valence-electron chi connectivity index (χ1n) is 5.61. The molecule has 1 fully saturated rings. The molecule has 4 heteroatoms. The number of halogens is 1. The molecule has 1 aromatic carbocycles. The molecule has 1 saturated heterocycles. The van der Waals surface area contributed by atoms with Crippen LogP contribution in [0.5, 0.6) is 5.75 Å². The van der Waals surface area contributed by atoms with Crippen molar-refractivity contribution in [1.29, 1.82) is 0 Å². The van der Waals surface area contributed by atoms with Gasteiger partial charge in [0.15, 0.2) is 0 Å². The summed E-state index contributed by atoms with van der Waals surface area (Å²) in [7, 11) is 0. The second kappa shape index (κ2) is 4.27. The normalized spacial score (nSPS) is 19.9. The average molecular weight is 294 g/mol. The monoisotopic (exact) mass is 293 g/mol. The van der Waals surface area contributed by atoms with Crippen LogP contribution in [0.15, 0.2) is 28.7 Å². The number of hydrogen-bond donors (Lipinski definition) is 1. The summed E-state index contributed by atoms with van der Waals surface area (Å²) in [6, 6.07) is 7.63. The fourth-order valence-corrected chi connectivity index (χ4v) is 2.68. The first-order chi connectivity index (χ1) is 8.25. The van der Waals surface area contributed by atoms with E-state index >= 15 is 0 Å². The van der Waals surface area contributed by atoms with Gasteiger partial charge in [-0.15, -0.1) is 0 Å². The number of fused-ring (bicyclic) bond motifs is 1. The maximum atomic E-state index is 10.1. The molecule has 0 aliphatic carbocycles. The van der Waals surface area contributed by atoms with Crippen molar-refractivity contribution in [2.75, 3.05) is 13.2 Å². The van der Waals surface area contributed by atoms with E-state index in [2.05, 4.69) is 20.9 Å². The molecule has 1 atom stereocenters. The van der Waals surface area contributed by atoms with E-state index in [1.54, 1.807) is 6.07 Å². The summed E-state index contributed by atoms with van der Waals surface area (Å²) in [6.45, 7) is 1.41. The zero-order chi connectivity index (χ0) is 11.8. The van der Waals surface area contributed by atoms with Crippen molar-refractivity contribution >= 4 is 26.8 Å². The van der Waals surface area contributed by atoms with Gasteiger partial charge in [0.05, 0.1) is 17.8 Å². The molecule has 17 heavy (non-hydrogen) atoms. The summed E-state index contributed by atoms with van der Waals surface area (Å²) in [6.07, 6.45) is 0.931. The predicted molar refractivity (Wildman–Crippen MR) is 69.3 cm³/mol. The Bertz CT molecular complexity index is 565. The highest BCUT2D eigenvalue weighted by Gasteiger charge is 2.22. The standard InChI is InChI=1S/C13H12BrNO2/c14-10-2-1-3-11-9(10)6-12(16)13(15-11)8-4-5-17-7-8/h1-3,6,8,16H,4-5,7H2. The van der Waals surface area contributed by atoms with Crippen LogP contribution in [0.2, 0.25) is 0 Å². The third kappa shape index (κ3) is 1.91. The van der Waals surface area contributed by atoms with Crippen molar-refractivity contribution in [2.45, 2.75) is 12.3 Å². The Morgan fingerprint density at radius 1 is 1.41 bits per heavy atom. The molecule has 0 bridgehead atoms. The number of hydrogen-bond acceptors (Lipinski definition) is 3. The molecule has 2 aromatic rings. The van der Waals surface area contributed by atoms with Crippen molar-refractivity contribution in [2.24, 2.45) is 0 Å².